The average molecular weight is 390 g/mol. The van der Waals surface area contributed by atoms with E-state index in [4.69, 9.17) is 4.74 Å². The minimum absolute atomic E-state index is 0.0708. The third-order valence-electron chi connectivity index (χ3n) is 5.81. The lowest BCUT2D eigenvalue weighted by atomic mass is 9.82. The number of nitrogens with one attached hydrogen (secondary N) is 1. The average Bonchev–Trinajstić information content (AvgIpc) is 3.23. The number of hydrogen-bond acceptors (Lipinski definition) is 3. The largest absolute Gasteiger partial charge is 0.466 e. The van der Waals surface area contributed by atoms with Crippen molar-refractivity contribution >= 4 is 33.5 Å². The predicted molar refractivity (Wildman–Crippen MR) is 94.2 cm³/mol. The Morgan fingerprint density at radius 2 is 1.79 bits per heavy atom. The van der Waals surface area contributed by atoms with Crippen molar-refractivity contribution in [2.45, 2.75) is 19.8 Å². The lowest BCUT2D eigenvalue weighted by Crippen LogP contribution is -2.37. The zero-order valence-electron chi connectivity index (χ0n) is 13.5. The van der Waals surface area contributed by atoms with Gasteiger partial charge in [-0.3, -0.25) is 9.59 Å². The normalized spacial score (nSPS) is 31.2. The summed E-state index contributed by atoms with van der Waals surface area (Å²) >= 11 is 3.39. The van der Waals surface area contributed by atoms with Crippen LogP contribution in [0.25, 0.3) is 0 Å². The molecule has 126 valence electrons. The van der Waals surface area contributed by atoms with Crippen LogP contribution >= 0.6 is 15.9 Å². The van der Waals surface area contributed by atoms with Crippen LogP contribution in [0, 0.1) is 29.1 Å². The first-order chi connectivity index (χ1) is 11.6. The number of benzene rings is 1. The van der Waals surface area contributed by atoms with E-state index in [1.54, 1.807) is 0 Å². The maximum Gasteiger partial charge on any atom is 0.310 e. The first-order valence-electron chi connectivity index (χ1n) is 8.48. The molecule has 4 nitrogen and oxygen atoms in total. The number of amides is 1. The van der Waals surface area contributed by atoms with Crippen LogP contribution in [0.4, 0.5) is 5.69 Å². The molecular weight excluding hydrogens is 370 g/mol. The van der Waals surface area contributed by atoms with Gasteiger partial charge in [0, 0.05) is 10.2 Å². The van der Waals surface area contributed by atoms with E-state index in [0.29, 0.717) is 6.61 Å². The second kappa shape index (κ2) is 5.73. The molecule has 1 N–H and O–H groups in total. The van der Waals surface area contributed by atoms with Crippen molar-refractivity contribution in [1.82, 2.24) is 0 Å². The summed E-state index contributed by atoms with van der Waals surface area (Å²) < 4.78 is 6.25. The van der Waals surface area contributed by atoms with Crippen LogP contribution in [-0.4, -0.2) is 18.5 Å². The summed E-state index contributed by atoms with van der Waals surface area (Å²) in [5, 5.41) is 2.99. The van der Waals surface area contributed by atoms with E-state index in [1.165, 1.54) is 0 Å². The number of halogens is 1. The zero-order valence-corrected chi connectivity index (χ0v) is 15.1. The molecule has 2 bridgehead atoms. The van der Waals surface area contributed by atoms with E-state index < -0.39 is 0 Å². The molecule has 0 unspecified atom stereocenters. The van der Waals surface area contributed by atoms with Gasteiger partial charge in [0.25, 0.3) is 0 Å². The van der Waals surface area contributed by atoms with Crippen LogP contribution in [0.1, 0.15) is 19.8 Å². The van der Waals surface area contributed by atoms with Crippen molar-refractivity contribution < 1.29 is 14.3 Å². The van der Waals surface area contributed by atoms with Gasteiger partial charge in [0.05, 0.1) is 18.4 Å². The highest BCUT2D eigenvalue weighted by atomic mass is 79.9. The smallest absolute Gasteiger partial charge is 0.310 e. The van der Waals surface area contributed by atoms with Gasteiger partial charge in [-0.1, -0.05) is 28.1 Å². The quantitative estimate of drug-likeness (QED) is 0.629. The van der Waals surface area contributed by atoms with Gasteiger partial charge in [-0.25, -0.2) is 0 Å². The molecule has 2 fully saturated rings. The van der Waals surface area contributed by atoms with Crippen molar-refractivity contribution in [3.05, 3.63) is 40.9 Å². The maximum absolute atomic E-state index is 13.0. The predicted octanol–water partition coefficient (Wildman–Crippen LogP) is 3.78. The Bertz CT molecular complexity index is 708. The van der Waals surface area contributed by atoms with Gasteiger partial charge in [0.2, 0.25) is 5.91 Å². The molecule has 1 aromatic carbocycles. The molecular formula is C19H20BrNO3. The van der Waals surface area contributed by atoms with Crippen molar-refractivity contribution in [3.8, 4) is 0 Å². The molecule has 0 aliphatic heterocycles. The van der Waals surface area contributed by atoms with Gasteiger partial charge in [0.1, 0.15) is 0 Å². The first kappa shape index (κ1) is 15.9. The van der Waals surface area contributed by atoms with Gasteiger partial charge in [-0.15, -0.1) is 0 Å². The fourth-order valence-electron chi connectivity index (χ4n) is 4.67. The first-order valence-corrected chi connectivity index (χ1v) is 9.27. The number of allylic oxidation sites excluding steroid dienone is 2. The summed E-state index contributed by atoms with van der Waals surface area (Å²) in [5.74, 6) is -0.659. The molecule has 0 saturated heterocycles. The van der Waals surface area contributed by atoms with Crippen molar-refractivity contribution in [2.75, 3.05) is 11.9 Å². The number of carbonyl (C=O) groups excluding carboxylic acids is 2. The Morgan fingerprint density at radius 1 is 1.17 bits per heavy atom. The van der Waals surface area contributed by atoms with Crippen molar-refractivity contribution in [3.63, 3.8) is 0 Å². The number of carbonyl (C=O) groups is 2. The van der Waals surface area contributed by atoms with E-state index in [-0.39, 0.29) is 41.0 Å². The van der Waals surface area contributed by atoms with E-state index in [0.717, 1.165) is 23.0 Å². The summed E-state index contributed by atoms with van der Waals surface area (Å²) in [4.78, 5) is 25.5. The van der Waals surface area contributed by atoms with E-state index in [1.807, 2.05) is 31.2 Å². The Labute approximate surface area is 149 Å². The van der Waals surface area contributed by atoms with Crippen LogP contribution in [0.5, 0.6) is 0 Å². The van der Waals surface area contributed by atoms with Crippen LogP contribution in [0.2, 0.25) is 0 Å². The molecule has 24 heavy (non-hydrogen) atoms. The third kappa shape index (κ3) is 2.32. The topological polar surface area (TPSA) is 55.4 Å². The summed E-state index contributed by atoms with van der Waals surface area (Å²) in [6, 6.07) is 7.50. The van der Waals surface area contributed by atoms with Crippen LogP contribution < -0.4 is 5.32 Å². The van der Waals surface area contributed by atoms with Gasteiger partial charge >= 0.3 is 5.97 Å². The zero-order chi connectivity index (χ0) is 16.9. The van der Waals surface area contributed by atoms with Crippen LogP contribution in [0.15, 0.2) is 40.9 Å². The number of anilines is 1. The number of ether oxygens (including phenoxy) is 1. The van der Waals surface area contributed by atoms with Crippen LogP contribution in [-0.2, 0) is 14.3 Å². The molecule has 4 atom stereocenters. The second-order valence-corrected chi connectivity index (χ2v) is 7.89. The van der Waals surface area contributed by atoms with Gasteiger partial charge in [0.15, 0.2) is 0 Å². The molecule has 5 heteroatoms. The highest BCUT2D eigenvalue weighted by molar-refractivity contribution is 9.10. The fourth-order valence-corrected chi connectivity index (χ4v) is 4.94. The highest BCUT2D eigenvalue weighted by Gasteiger charge is 2.70. The summed E-state index contributed by atoms with van der Waals surface area (Å²) in [7, 11) is 0. The Kier molecular flexibility index (Phi) is 3.79. The highest BCUT2D eigenvalue weighted by Crippen LogP contribution is 2.72. The summed E-state index contributed by atoms with van der Waals surface area (Å²) in [6.45, 7) is 2.16. The molecule has 0 heterocycles. The number of hydrogen-bond donors (Lipinski definition) is 1. The SMILES string of the molecule is CCOC(=O)[C@H]1[C@H](C(=O)Nc2ccc(Br)cc2)[C@@H]2C=C[C@H]1C21CC1. The molecule has 1 spiro atoms. The number of esters is 1. The lowest BCUT2D eigenvalue weighted by molar-refractivity contribution is -0.152. The Balaban J connectivity index is 1.59. The fraction of sp³-hybridized carbons (Fsp3) is 0.474. The van der Waals surface area contributed by atoms with E-state index in [9.17, 15) is 9.59 Å². The van der Waals surface area contributed by atoms with Gasteiger partial charge in [-0.2, -0.15) is 0 Å². The lowest BCUT2D eigenvalue weighted by Gasteiger charge is -2.25. The molecule has 3 aliphatic rings. The maximum atomic E-state index is 13.0. The molecule has 0 radical (unpaired) electrons. The number of rotatable bonds is 4. The molecule has 0 aromatic heterocycles. The molecule has 3 aliphatic carbocycles. The second-order valence-electron chi connectivity index (χ2n) is 6.97. The van der Waals surface area contributed by atoms with E-state index >= 15 is 0 Å². The molecule has 1 amide bonds. The minimum Gasteiger partial charge on any atom is -0.466 e. The Hall–Kier alpha value is -1.62. The van der Waals surface area contributed by atoms with Crippen LogP contribution in [0.3, 0.4) is 0 Å². The molecule has 4 rings (SSSR count). The standard InChI is InChI=1S/C19H20BrNO3/c1-2-24-18(23)16-14-8-7-13(19(14)9-10-19)15(16)17(22)21-12-5-3-11(20)4-6-12/h3-8,13-16H,2,9-10H2,1H3,(H,21,22)/t13-,14+,15+,16+/m0/s1. The van der Waals surface area contributed by atoms with E-state index in [2.05, 4.69) is 33.4 Å². The minimum atomic E-state index is -0.349. The summed E-state index contributed by atoms with van der Waals surface area (Å²) in [5.41, 5.74) is 0.890. The Morgan fingerprint density at radius 3 is 2.38 bits per heavy atom. The molecule has 1 aromatic rings. The monoisotopic (exact) mass is 389 g/mol. The van der Waals surface area contributed by atoms with Crippen molar-refractivity contribution in [1.29, 1.82) is 0 Å². The van der Waals surface area contributed by atoms with Gasteiger partial charge in [-0.05, 0) is 61.3 Å². The molecule has 2 saturated carbocycles. The third-order valence-corrected chi connectivity index (χ3v) is 6.34. The van der Waals surface area contributed by atoms with Crippen molar-refractivity contribution in [2.24, 2.45) is 29.1 Å². The summed E-state index contributed by atoms with van der Waals surface area (Å²) in [6.07, 6.45) is 6.50. The van der Waals surface area contributed by atoms with Gasteiger partial charge < -0.3 is 10.1 Å².